The summed E-state index contributed by atoms with van der Waals surface area (Å²) in [7, 11) is 0. The Morgan fingerprint density at radius 3 is 2.86 bits per heavy atom. The van der Waals surface area contributed by atoms with Gasteiger partial charge in [-0.1, -0.05) is 33.1 Å². The molecule has 0 N–H and O–H groups in total. The van der Waals surface area contributed by atoms with Gasteiger partial charge in [-0.15, -0.1) is 0 Å². The highest BCUT2D eigenvalue weighted by atomic mass is 16.3. The average molecular weight is 194 g/mol. The average Bonchev–Trinajstić information content (AvgIpc) is 2.63. The molecule has 0 atom stereocenters. The molecule has 14 heavy (non-hydrogen) atoms. The lowest BCUT2D eigenvalue weighted by atomic mass is 10.2. The van der Waals surface area contributed by atoms with Crippen LogP contribution < -0.4 is 0 Å². The number of hydrogen-bond acceptors (Lipinski definition) is 2. The SMILES string of the molecule is [CH2]CCCc1nc(CCCCC)co1. The predicted octanol–water partition coefficient (Wildman–Crippen LogP) is 3.56. The van der Waals surface area contributed by atoms with Gasteiger partial charge in [0.1, 0.15) is 6.26 Å². The van der Waals surface area contributed by atoms with Crippen LogP contribution in [-0.4, -0.2) is 4.98 Å². The van der Waals surface area contributed by atoms with E-state index >= 15 is 0 Å². The van der Waals surface area contributed by atoms with Gasteiger partial charge >= 0.3 is 0 Å². The van der Waals surface area contributed by atoms with Crippen LogP contribution in [0, 0.1) is 6.92 Å². The zero-order valence-electron chi connectivity index (χ0n) is 9.09. The highest BCUT2D eigenvalue weighted by Gasteiger charge is 2.02. The Hall–Kier alpha value is -0.790. The van der Waals surface area contributed by atoms with Gasteiger partial charge < -0.3 is 4.42 Å². The molecule has 1 aromatic rings. The molecule has 0 aliphatic carbocycles. The van der Waals surface area contributed by atoms with Gasteiger partial charge in [0, 0.05) is 6.42 Å². The fourth-order valence-electron chi connectivity index (χ4n) is 1.41. The molecule has 0 saturated carbocycles. The highest BCUT2D eigenvalue weighted by molar-refractivity contribution is 4.96. The molecule has 1 rings (SSSR count). The maximum absolute atomic E-state index is 5.36. The first-order valence-corrected chi connectivity index (χ1v) is 5.59. The van der Waals surface area contributed by atoms with E-state index in [2.05, 4.69) is 18.8 Å². The predicted molar refractivity (Wildman–Crippen MR) is 58.0 cm³/mol. The monoisotopic (exact) mass is 194 g/mol. The molecular formula is C12H20NO. The normalized spacial score (nSPS) is 10.7. The van der Waals surface area contributed by atoms with E-state index in [1.54, 1.807) is 6.26 Å². The lowest BCUT2D eigenvalue weighted by Crippen LogP contribution is -1.88. The fourth-order valence-corrected chi connectivity index (χ4v) is 1.41. The standard InChI is InChI=1S/C12H20NO/c1-3-5-7-8-11-10-14-12(13-11)9-6-4-2/h10H,2-9H2,1H3. The molecule has 0 aromatic carbocycles. The number of aryl methyl sites for hydroxylation is 2. The van der Waals surface area contributed by atoms with Crippen LogP contribution in [0.15, 0.2) is 10.7 Å². The van der Waals surface area contributed by atoms with Gasteiger partial charge in [0.25, 0.3) is 0 Å². The Morgan fingerprint density at radius 1 is 1.29 bits per heavy atom. The lowest BCUT2D eigenvalue weighted by Gasteiger charge is -1.93. The summed E-state index contributed by atoms with van der Waals surface area (Å²) in [4.78, 5) is 4.43. The van der Waals surface area contributed by atoms with Crippen molar-refractivity contribution in [2.75, 3.05) is 0 Å². The van der Waals surface area contributed by atoms with Crippen LogP contribution in [0.4, 0.5) is 0 Å². The Labute approximate surface area is 86.7 Å². The molecule has 0 saturated heterocycles. The second-order valence-electron chi connectivity index (χ2n) is 3.65. The topological polar surface area (TPSA) is 26.0 Å². The van der Waals surface area contributed by atoms with Gasteiger partial charge in [0.15, 0.2) is 5.89 Å². The van der Waals surface area contributed by atoms with E-state index in [9.17, 15) is 0 Å². The van der Waals surface area contributed by atoms with E-state index in [0.29, 0.717) is 0 Å². The Kier molecular flexibility index (Phi) is 5.35. The van der Waals surface area contributed by atoms with E-state index in [0.717, 1.165) is 37.3 Å². The minimum atomic E-state index is 0.875. The second kappa shape index (κ2) is 6.63. The van der Waals surface area contributed by atoms with Crippen LogP contribution in [0.1, 0.15) is 50.6 Å². The Balaban J connectivity index is 2.27. The van der Waals surface area contributed by atoms with Gasteiger partial charge in [0.05, 0.1) is 5.69 Å². The van der Waals surface area contributed by atoms with Crippen LogP contribution in [0.25, 0.3) is 0 Å². The van der Waals surface area contributed by atoms with Gasteiger partial charge in [-0.2, -0.15) is 0 Å². The third-order valence-corrected chi connectivity index (χ3v) is 2.28. The molecule has 2 nitrogen and oxygen atoms in total. The second-order valence-corrected chi connectivity index (χ2v) is 3.65. The van der Waals surface area contributed by atoms with Crippen LogP contribution in [0.3, 0.4) is 0 Å². The van der Waals surface area contributed by atoms with Gasteiger partial charge in [0.2, 0.25) is 0 Å². The quantitative estimate of drug-likeness (QED) is 0.620. The molecule has 0 bridgehead atoms. The summed E-state index contributed by atoms with van der Waals surface area (Å²) in [5, 5.41) is 0. The van der Waals surface area contributed by atoms with Crippen molar-refractivity contribution >= 4 is 0 Å². The third kappa shape index (κ3) is 3.95. The van der Waals surface area contributed by atoms with E-state index < -0.39 is 0 Å². The van der Waals surface area contributed by atoms with Crippen LogP contribution in [0.2, 0.25) is 0 Å². The number of nitrogens with zero attached hydrogens (tertiary/aromatic N) is 1. The van der Waals surface area contributed by atoms with Crippen molar-refractivity contribution in [3.63, 3.8) is 0 Å². The zero-order chi connectivity index (χ0) is 10.2. The van der Waals surface area contributed by atoms with Gasteiger partial charge in [-0.05, 0) is 19.3 Å². The molecule has 1 radical (unpaired) electrons. The minimum Gasteiger partial charge on any atom is -0.449 e. The van der Waals surface area contributed by atoms with E-state index in [-0.39, 0.29) is 0 Å². The van der Waals surface area contributed by atoms with Crippen LogP contribution in [-0.2, 0) is 12.8 Å². The lowest BCUT2D eigenvalue weighted by molar-refractivity contribution is 0.487. The maximum atomic E-state index is 5.36. The van der Waals surface area contributed by atoms with Crippen LogP contribution in [0.5, 0.6) is 0 Å². The number of rotatable bonds is 7. The highest BCUT2D eigenvalue weighted by Crippen LogP contribution is 2.09. The van der Waals surface area contributed by atoms with Gasteiger partial charge in [-0.25, -0.2) is 4.98 Å². The van der Waals surface area contributed by atoms with Gasteiger partial charge in [-0.3, -0.25) is 0 Å². The molecule has 2 heteroatoms. The summed E-state index contributed by atoms with van der Waals surface area (Å²) >= 11 is 0. The van der Waals surface area contributed by atoms with Crippen molar-refractivity contribution in [3.8, 4) is 0 Å². The molecule has 79 valence electrons. The largest absolute Gasteiger partial charge is 0.449 e. The number of aromatic nitrogens is 1. The van der Waals surface area contributed by atoms with E-state index in [1.807, 2.05) is 0 Å². The van der Waals surface area contributed by atoms with E-state index in [4.69, 9.17) is 4.42 Å². The summed E-state index contributed by atoms with van der Waals surface area (Å²) in [6, 6.07) is 0. The summed E-state index contributed by atoms with van der Waals surface area (Å²) in [5.74, 6) is 0.875. The first-order valence-electron chi connectivity index (χ1n) is 5.59. The van der Waals surface area contributed by atoms with Crippen molar-refractivity contribution in [1.29, 1.82) is 0 Å². The Bertz CT molecular complexity index is 242. The summed E-state index contributed by atoms with van der Waals surface area (Å²) in [6.07, 6.45) is 9.56. The first-order chi connectivity index (χ1) is 6.86. The first kappa shape index (κ1) is 11.3. The van der Waals surface area contributed by atoms with Crippen molar-refractivity contribution in [1.82, 2.24) is 4.98 Å². The Morgan fingerprint density at radius 2 is 2.14 bits per heavy atom. The molecule has 0 aliphatic rings. The zero-order valence-corrected chi connectivity index (χ0v) is 9.09. The molecule has 0 unspecified atom stereocenters. The summed E-state index contributed by atoms with van der Waals surface area (Å²) in [5.41, 5.74) is 1.11. The van der Waals surface area contributed by atoms with Crippen molar-refractivity contribution < 1.29 is 4.42 Å². The third-order valence-electron chi connectivity index (χ3n) is 2.28. The maximum Gasteiger partial charge on any atom is 0.194 e. The fraction of sp³-hybridized carbons (Fsp3) is 0.667. The molecule has 0 amide bonds. The summed E-state index contributed by atoms with van der Waals surface area (Å²) < 4.78 is 5.36. The number of unbranched alkanes of at least 4 members (excludes halogenated alkanes) is 3. The molecule has 0 fully saturated rings. The van der Waals surface area contributed by atoms with E-state index in [1.165, 1.54) is 19.3 Å². The minimum absolute atomic E-state index is 0.875. The molecule has 0 aliphatic heterocycles. The molecule has 1 heterocycles. The number of oxazole rings is 1. The smallest absolute Gasteiger partial charge is 0.194 e. The number of hydrogen-bond donors (Lipinski definition) is 0. The van der Waals surface area contributed by atoms with Crippen molar-refractivity contribution in [2.24, 2.45) is 0 Å². The van der Waals surface area contributed by atoms with Crippen LogP contribution >= 0.6 is 0 Å². The molecule has 1 aromatic heterocycles. The summed E-state index contributed by atoms with van der Waals surface area (Å²) in [6.45, 7) is 6.01. The van der Waals surface area contributed by atoms with Crippen molar-refractivity contribution in [3.05, 3.63) is 24.8 Å². The molecular weight excluding hydrogens is 174 g/mol. The van der Waals surface area contributed by atoms with Crippen molar-refractivity contribution in [2.45, 2.75) is 51.9 Å². The molecule has 0 spiro atoms.